The van der Waals surface area contributed by atoms with E-state index in [0.29, 0.717) is 6.54 Å². The van der Waals surface area contributed by atoms with E-state index in [2.05, 4.69) is 4.72 Å². The third-order valence-corrected chi connectivity index (χ3v) is 5.69. The Morgan fingerprint density at radius 3 is 2.89 bits per heavy atom. The van der Waals surface area contributed by atoms with Gasteiger partial charge in [0, 0.05) is 12.6 Å². The Hall–Kier alpha value is -1.12. The van der Waals surface area contributed by atoms with Crippen molar-refractivity contribution < 1.29 is 18.3 Å². The Balaban J connectivity index is 2.21. The number of nitrogens with one attached hydrogen (secondary N) is 1. The molecule has 1 aromatic heterocycles. The molecule has 0 aliphatic carbocycles. The van der Waals surface area contributed by atoms with Gasteiger partial charge in [0.25, 0.3) is 0 Å². The first-order chi connectivity index (χ1) is 8.92. The summed E-state index contributed by atoms with van der Waals surface area (Å²) >= 11 is 1.00. The van der Waals surface area contributed by atoms with Gasteiger partial charge in [0.1, 0.15) is 4.88 Å². The van der Waals surface area contributed by atoms with Crippen LogP contribution in [0.5, 0.6) is 0 Å². The average molecular weight is 304 g/mol. The Bertz CT molecular complexity index is 567. The molecule has 1 unspecified atom stereocenters. The number of carboxylic acid groups (broad SMARTS) is 1. The third kappa shape index (κ3) is 3.07. The van der Waals surface area contributed by atoms with Crippen LogP contribution >= 0.6 is 11.3 Å². The number of thiophene rings is 1. The van der Waals surface area contributed by atoms with Crippen LogP contribution in [0.4, 0.5) is 5.69 Å². The van der Waals surface area contributed by atoms with E-state index in [9.17, 15) is 13.2 Å². The van der Waals surface area contributed by atoms with E-state index in [1.54, 1.807) is 5.38 Å². The largest absolute Gasteiger partial charge is 0.477 e. The molecule has 6 nitrogen and oxygen atoms in total. The van der Waals surface area contributed by atoms with Gasteiger partial charge >= 0.3 is 16.2 Å². The zero-order valence-corrected chi connectivity index (χ0v) is 12.1. The van der Waals surface area contributed by atoms with Crippen LogP contribution in [0.1, 0.15) is 35.9 Å². The second-order valence-electron chi connectivity index (χ2n) is 4.53. The maximum Gasteiger partial charge on any atom is 0.348 e. The SMILES string of the molecule is CC1CCCCN1S(=O)(=O)Nc1ccsc1C(=O)O. The summed E-state index contributed by atoms with van der Waals surface area (Å²) in [5.41, 5.74) is 0.135. The monoisotopic (exact) mass is 304 g/mol. The van der Waals surface area contributed by atoms with Crippen molar-refractivity contribution in [2.75, 3.05) is 11.3 Å². The predicted octanol–water partition coefficient (Wildman–Crippen LogP) is 1.98. The number of carboxylic acids is 1. The average Bonchev–Trinajstić information content (AvgIpc) is 2.76. The van der Waals surface area contributed by atoms with Gasteiger partial charge in [-0.1, -0.05) is 6.42 Å². The molecule has 1 fully saturated rings. The summed E-state index contributed by atoms with van der Waals surface area (Å²) in [6, 6.07) is 1.42. The van der Waals surface area contributed by atoms with Gasteiger partial charge in [-0.3, -0.25) is 4.72 Å². The molecule has 1 aliphatic heterocycles. The van der Waals surface area contributed by atoms with Crippen molar-refractivity contribution in [2.45, 2.75) is 32.2 Å². The molecular weight excluding hydrogens is 288 g/mol. The lowest BCUT2D eigenvalue weighted by atomic mass is 10.1. The van der Waals surface area contributed by atoms with Crippen molar-refractivity contribution in [3.63, 3.8) is 0 Å². The summed E-state index contributed by atoms with van der Waals surface area (Å²) < 4.78 is 28.3. The van der Waals surface area contributed by atoms with Crippen LogP contribution < -0.4 is 4.72 Å². The van der Waals surface area contributed by atoms with Crippen molar-refractivity contribution in [1.29, 1.82) is 0 Å². The minimum Gasteiger partial charge on any atom is -0.477 e. The molecule has 0 bridgehead atoms. The fraction of sp³-hybridized carbons (Fsp3) is 0.545. The van der Waals surface area contributed by atoms with Gasteiger partial charge < -0.3 is 5.11 Å². The molecule has 106 valence electrons. The van der Waals surface area contributed by atoms with E-state index >= 15 is 0 Å². The highest BCUT2D eigenvalue weighted by Gasteiger charge is 2.30. The van der Waals surface area contributed by atoms with Crippen molar-refractivity contribution >= 4 is 33.2 Å². The second kappa shape index (κ2) is 5.48. The molecule has 0 amide bonds. The first kappa shape index (κ1) is 14.3. The summed E-state index contributed by atoms with van der Waals surface area (Å²) in [6.07, 6.45) is 2.68. The Labute approximate surface area is 116 Å². The highest BCUT2D eigenvalue weighted by Crippen LogP contribution is 2.26. The topological polar surface area (TPSA) is 86.7 Å². The quantitative estimate of drug-likeness (QED) is 0.890. The molecule has 0 spiro atoms. The summed E-state index contributed by atoms with van der Waals surface area (Å²) in [6.45, 7) is 2.34. The predicted molar refractivity (Wildman–Crippen MR) is 73.8 cm³/mol. The summed E-state index contributed by atoms with van der Waals surface area (Å²) in [7, 11) is -3.68. The molecule has 1 saturated heterocycles. The lowest BCUT2D eigenvalue weighted by Crippen LogP contribution is -2.44. The summed E-state index contributed by atoms with van der Waals surface area (Å²) in [5, 5.41) is 10.5. The molecule has 2 N–H and O–H groups in total. The number of hydrogen-bond donors (Lipinski definition) is 2. The first-order valence-electron chi connectivity index (χ1n) is 6.02. The number of nitrogens with zero attached hydrogens (tertiary/aromatic N) is 1. The number of anilines is 1. The van der Waals surface area contributed by atoms with Gasteiger partial charge in [-0.05, 0) is 31.2 Å². The lowest BCUT2D eigenvalue weighted by Gasteiger charge is -2.32. The molecule has 1 aromatic rings. The van der Waals surface area contributed by atoms with Gasteiger partial charge in [-0.2, -0.15) is 12.7 Å². The van der Waals surface area contributed by atoms with E-state index in [0.717, 1.165) is 30.6 Å². The highest BCUT2D eigenvalue weighted by molar-refractivity contribution is 7.90. The van der Waals surface area contributed by atoms with Crippen LogP contribution in [0, 0.1) is 0 Å². The molecular formula is C11H16N2O4S2. The van der Waals surface area contributed by atoms with Crippen molar-refractivity contribution in [3.8, 4) is 0 Å². The Morgan fingerprint density at radius 2 is 2.26 bits per heavy atom. The van der Waals surface area contributed by atoms with Crippen LogP contribution in [0.3, 0.4) is 0 Å². The van der Waals surface area contributed by atoms with Crippen LogP contribution in [0.15, 0.2) is 11.4 Å². The Kier molecular flexibility index (Phi) is 4.12. The van der Waals surface area contributed by atoms with Crippen molar-refractivity contribution in [3.05, 3.63) is 16.3 Å². The van der Waals surface area contributed by atoms with Gasteiger partial charge in [0.2, 0.25) is 0 Å². The third-order valence-electron chi connectivity index (χ3n) is 3.15. The molecule has 0 aromatic carbocycles. The van der Waals surface area contributed by atoms with Crippen LogP contribution in [-0.2, 0) is 10.2 Å². The lowest BCUT2D eigenvalue weighted by molar-refractivity contribution is 0.0703. The van der Waals surface area contributed by atoms with E-state index in [1.165, 1.54) is 10.4 Å². The van der Waals surface area contributed by atoms with Crippen LogP contribution in [0.2, 0.25) is 0 Å². The smallest absolute Gasteiger partial charge is 0.348 e. The summed E-state index contributed by atoms with van der Waals surface area (Å²) in [5.74, 6) is -1.13. The molecule has 19 heavy (non-hydrogen) atoms. The van der Waals surface area contributed by atoms with Gasteiger partial charge in [-0.15, -0.1) is 11.3 Å². The molecule has 0 saturated carbocycles. The molecule has 0 radical (unpaired) electrons. The minimum absolute atomic E-state index is 0.00763. The van der Waals surface area contributed by atoms with E-state index < -0.39 is 16.2 Å². The highest BCUT2D eigenvalue weighted by atomic mass is 32.2. The number of carbonyl (C=O) groups is 1. The molecule has 2 rings (SSSR count). The zero-order valence-electron chi connectivity index (χ0n) is 10.5. The second-order valence-corrected chi connectivity index (χ2v) is 7.07. The molecule has 1 aliphatic rings. The number of rotatable bonds is 4. The van der Waals surface area contributed by atoms with E-state index in [1.807, 2.05) is 6.92 Å². The maximum atomic E-state index is 12.3. The van der Waals surface area contributed by atoms with Crippen LogP contribution in [-0.4, -0.2) is 36.4 Å². The van der Waals surface area contributed by atoms with Crippen molar-refractivity contribution in [2.24, 2.45) is 0 Å². The summed E-state index contributed by atoms with van der Waals surface area (Å²) in [4.78, 5) is 11.0. The van der Waals surface area contributed by atoms with Gasteiger partial charge in [0.05, 0.1) is 5.69 Å². The van der Waals surface area contributed by atoms with E-state index in [-0.39, 0.29) is 16.6 Å². The first-order valence-corrected chi connectivity index (χ1v) is 8.34. The van der Waals surface area contributed by atoms with Gasteiger partial charge in [-0.25, -0.2) is 4.79 Å². The van der Waals surface area contributed by atoms with E-state index in [4.69, 9.17) is 5.11 Å². The number of piperidine rings is 1. The zero-order chi connectivity index (χ0) is 14.0. The number of hydrogen-bond acceptors (Lipinski definition) is 4. The van der Waals surface area contributed by atoms with Crippen molar-refractivity contribution in [1.82, 2.24) is 4.31 Å². The maximum absolute atomic E-state index is 12.3. The minimum atomic E-state index is -3.68. The Morgan fingerprint density at radius 1 is 1.53 bits per heavy atom. The van der Waals surface area contributed by atoms with Crippen LogP contribution in [0.25, 0.3) is 0 Å². The molecule has 8 heteroatoms. The fourth-order valence-corrected chi connectivity index (χ4v) is 4.45. The standard InChI is InChI=1S/C11H16N2O4S2/c1-8-4-2-3-6-13(8)19(16,17)12-9-5-7-18-10(9)11(14)15/h5,7-8,12H,2-4,6H2,1H3,(H,14,15). The normalized spacial score (nSPS) is 21.2. The van der Waals surface area contributed by atoms with Gasteiger partial charge in [0.15, 0.2) is 0 Å². The fourth-order valence-electron chi connectivity index (χ4n) is 2.18. The molecule has 2 heterocycles. The molecule has 1 atom stereocenters. The number of aromatic carboxylic acids is 1.